The summed E-state index contributed by atoms with van der Waals surface area (Å²) in [6.07, 6.45) is 1.41. The van der Waals surface area contributed by atoms with Crippen LogP contribution in [0.25, 0.3) is 0 Å². The molecule has 2 rings (SSSR count). The predicted molar refractivity (Wildman–Crippen MR) is 77.0 cm³/mol. The van der Waals surface area contributed by atoms with E-state index >= 15 is 0 Å². The number of aromatic nitrogens is 1. The van der Waals surface area contributed by atoms with Crippen molar-refractivity contribution in [1.29, 1.82) is 0 Å². The summed E-state index contributed by atoms with van der Waals surface area (Å²) in [4.78, 5) is 2.12. The number of thiophene rings is 1. The number of nitrogens with one attached hydrogen (secondary N) is 2. The lowest BCUT2D eigenvalue weighted by Gasteiger charge is -2.03. The van der Waals surface area contributed by atoms with Gasteiger partial charge in [0.2, 0.25) is 10.0 Å². The largest absolute Gasteiger partial charge is 0.364 e. The molecular weight excluding hydrogens is 298 g/mol. The standard InChI is InChI=1S/C12H17N3O3S2/c1-3-13-8-11-6-12(9(2)19-11)20(16,17)14-7-10-4-5-18-15-10/h4-6,13-14H,3,7-8H2,1-2H3. The van der Waals surface area contributed by atoms with Crippen LogP contribution in [0.15, 0.2) is 27.8 Å². The van der Waals surface area contributed by atoms with Gasteiger partial charge in [0.25, 0.3) is 0 Å². The molecule has 2 heterocycles. The van der Waals surface area contributed by atoms with Gasteiger partial charge in [-0.3, -0.25) is 0 Å². The summed E-state index contributed by atoms with van der Waals surface area (Å²) in [7, 11) is -3.52. The second kappa shape index (κ2) is 6.49. The van der Waals surface area contributed by atoms with Crippen LogP contribution in [-0.2, 0) is 23.1 Å². The van der Waals surface area contributed by atoms with Gasteiger partial charge < -0.3 is 9.84 Å². The molecule has 0 aromatic carbocycles. The first-order chi connectivity index (χ1) is 9.53. The molecule has 0 atom stereocenters. The molecule has 8 heteroatoms. The van der Waals surface area contributed by atoms with Crippen LogP contribution in [0.1, 0.15) is 22.4 Å². The van der Waals surface area contributed by atoms with Crippen molar-refractivity contribution in [2.24, 2.45) is 0 Å². The molecule has 20 heavy (non-hydrogen) atoms. The van der Waals surface area contributed by atoms with E-state index in [4.69, 9.17) is 0 Å². The smallest absolute Gasteiger partial charge is 0.242 e. The van der Waals surface area contributed by atoms with E-state index < -0.39 is 10.0 Å². The zero-order valence-electron chi connectivity index (χ0n) is 11.3. The summed E-state index contributed by atoms with van der Waals surface area (Å²) in [5.41, 5.74) is 0.550. The van der Waals surface area contributed by atoms with E-state index in [1.807, 2.05) is 13.8 Å². The number of nitrogens with zero attached hydrogens (tertiary/aromatic N) is 1. The lowest BCUT2D eigenvalue weighted by Crippen LogP contribution is -2.23. The summed E-state index contributed by atoms with van der Waals surface area (Å²) >= 11 is 1.49. The second-order valence-corrected chi connectivity index (χ2v) is 7.31. The van der Waals surface area contributed by atoms with Crippen molar-refractivity contribution in [1.82, 2.24) is 15.2 Å². The van der Waals surface area contributed by atoms with Crippen molar-refractivity contribution in [3.8, 4) is 0 Å². The number of hydrogen-bond donors (Lipinski definition) is 2. The summed E-state index contributed by atoms with van der Waals surface area (Å²) in [6, 6.07) is 3.34. The SMILES string of the molecule is CCNCc1cc(S(=O)(=O)NCc2ccon2)c(C)s1. The molecule has 0 saturated heterocycles. The minimum Gasteiger partial charge on any atom is -0.364 e. The van der Waals surface area contributed by atoms with Crippen LogP contribution in [-0.4, -0.2) is 20.1 Å². The highest BCUT2D eigenvalue weighted by molar-refractivity contribution is 7.89. The van der Waals surface area contributed by atoms with Gasteiger partial charge in [-0.25, -0.2) is 13.1 Å². The van der Waals surface area contributed by atoms with Crippen LogP contribution in [0.5, 0.6) is 0 Å². The fraction of sp³-hybridized carbons (Fsp3) is 0.417. The van der Waals surface area contributed by atoms with Gasteiger partial charge >= 0.3 is 0 Å². The van der Waals surface area contributed by atoms with Crippen molar-refractivity contribution in [2.45, 2.75) is 31.8 Å². The van der Waals surface area contributed by atoms with E-state index in [0.29, 0.717) is 17.1 Å². The minimum atomic E-state index is -3.52. The highest BCUT2D eigenvalue weighted by Gasteiger charge is 2.19. The minimum absolute atomic E-state index is 0.122. The van der Waals surface area contributed by atoms with Crippen LogP contribution >= 0.6 is 11.3 Å². The maximum absolute atomic E-state index is 12.3. The predicted octanol–water partition coefficient (Wildman–Crippen LogP) is 1.63. The number of aryl methyl sites for hydroxylation is 1. The van der Waals surface area contributed by atoms with Gasteiger partial charge in [-0.1, -0.05) is 12.1 Å². The Labute approximate surface area is 122 Å². The fourth-order valence-electron chi connectivity index (χ4n) is 1.70. The molecule has 0 amide bonds. The third-order valence-corrected chi connectivity index (χ3v) is 5.40. The van der Waals surface area contributed by atoms with E-state index in [9.17, 15) is 8.42 Å². The quantitative estimate of drug-likeness (QED) is 0.811. The summed E-state index contributed by atoms with van der Waals surface area (Å²) < 4.78 is 31.7. The van der Waals surface area contributed by atoms with Gasteiger partial charge in [-0.15, -0.1) is 11.3 Å². The van der Waals surface area contributed by atoms with Gasteiger partial charge in [-0.05, 0) is 19.5 Å². The molecule has 0 spiro atoms. The Morgan fingerprint density at radius 3 is 2.85 bits per heavy atom. The van der Waals surface area contributed by atoms with Gasteiger partial charge in [0, 0.05) is 22.4 Å². The fourth-order valence-corrected chi connectivity index (χ4v) is 4.30. The van der Waals surface area contributed by atoms with Crippen molar-refractivity contribution in [2.75, 3.05) is 6.54 Å². The first-order valence-electron chi connectivity index (χ1n) is 6.22. The van der Waals surface area contributed by atoms with Gasteiger partial charge in [-0.2, -0.15) is 0 Å². The molecule has 0 saturated carbocycles. The molecule has 0 aliphatic rings. The molecule has 110 valence electrons. The lowest BCUT2D eigenvalue weighted by atomic mass is 10.4. The number of hydrogen-bond acceptors (Lipinski definition) is 6. The second-order valence-electron chi connectivity index (χ2n) is 4.23. The first-order valence-corrected chi connectivity index (χ1v) is 8.52. The lowest BCUT2D eigenvalue weighted by molar-refractivity contribution is 0.411. The van der Waals surface area contributed by atoms with Crippen LogP contribution in [0.2, 0.25) is 0 Å². The number of rotatable bonds is 7. The Hall–Kier alpha value is -1.22. The summed E-state index contributed by atoms with van der Waals surface area (Å²) in [5, 5.41) is 6.86. The van der Waals surface area contributed by atoms with E-state index in [2.05, 4.69) is 19.7 Å². The third kappa shape index (κ3) is 3.66. The Morgan fingerprint density at radius 1 is 1.40 bits per heavy atom. The highest BCUT2D eigenvalue weighted by atomic mass is 32.2. The average molecular weight is 315 g/mol. The van der Waals surface area contributed by atoms with Gasteiger partial charge in [0.05, 0.1) is 17.1 Å². The van der Waals surface area contributed by atoms with E-state index in [-0.39, 0.29) is 6.54 Å². The van der Waals surface area contributed by atoms with E-state index in [1.165, 1.54) is 17.6 Å². The molecule has 2 N–H and O–H groups in total. The van der Waals surface area contributed by atoms with Crippen molar-refractivity contribution >= 4 is 21.4 Å². The molecule has 2 aromatic rings. The molecule has 0 radical (unpaired) electrons. The first kappa shape index (κ1) is 15.2. The topological polar surface area (TPSA) is 84.2 Å². The van der Waals surface area contributed by atoms with Crippen molar-refractivity contribution in [3.05, 3.63) is 33.8 Å². The Bertz CT molecular complexity index is 648. The Balaban J connectivity index is 2.10. The molecule has 0 bridgehead atoms. The highest BCUT2D eigenvalue weighted by Crippen LogP contribution is 2.25. The average Bonchev–Trinajstić information content (AvgIpc) is 3.03. The summed E-state index contributed by atoms with van der Waals surface area (Å²) in [5.74, 6) is 0. The molecule has 0 unspecified atom stereocenters. The molecular formula is C12H17N3O3S2. The molecule has 0 aliphatic heterocycles. The molecule has 6 nitrogen and oxygen atoms in total. The van der Waals surface area contributed by atoms with Gasteiger partial charge in [0.15, 0.2) is 0 Å². The molecule has 0 aliphatic carbocycles. The normalized spacial score (nSPS) is 11.9. The number of sulfonamides is 1. The summed E-state index contributed by atoms with van der Waals surface area (Å²) in [6.45, 7) is 5.48. The van der Waals surface area contributed by atoms with Crippen LogP contribution < -0.4 is 10.0 Å². The zero-order chi connectivity index (χ0) is 14.6. The van der Waals surface area contributed by atoms with E-state index in [1.54, 1.807) is 12.1 Å². The van der Waals surface area contributed by atoms with Gasteiger partial charge in [0.1, 0.15) is 6.26 Å². The van der Waals surface area contributed by atoms with Crippen molar-refractivity contribution < 1.29 is 12.9 Å². The monoisotopic (exact) mass is 315 g/mol. The Kier molecular flexibility index (Phi) is 4.92. The van der Waals surface area contributed by atoms with Crippen LogP contribution in [0.4, 0.5) is 0 Å². The third-order valence-electron chi connectivity index (χ3n) is 2.70. The van der Waals surface area contributed by atoms with Crippen LogP contribution in [0.3, 0.4) is 0 Å². The molecule has 2 aromatic heterocycles. The Morgan fingerprint density at radius 2 is 2.20 bits per heavy atom. The van der Waals surface area contributed by atoms with E-state index in [0.717, 1.165) is 16.3 Å². The van der Waals surface area contributed by atoms with Crippen LogP contribution in [0, 0.1) is 6.92 Å². The van der Waals surface area contributed by atoms with Crippen molar-refractivity contribution in [3.63, 3.8) is 0 Å². The molecule has 0 fully saturated rings. The zero-order valence-corrected chi connectivity index (χ0v) is 13.0. The maximum Gasteiger partial charge on any atom is 0.242 e. The maximum atomic E-state index is 12.3.